The zero-order valence-electron chi connectivity index (χ0n) is 17.3. The van der Waals surface area contributed by atoms with E-state index in [0.29, 0.717) is 5.69 Å². The van der Waals surface area contributed by atoms with Gasteiger partial charge in [-0.25, -0.2) is 0 Å². The summed E-state index contributed by atoms with van der Waals surface area (Å²) in [7, 11) is -1.89. The summed E-state index contributed by atoms with van der Waals surface area (Å²) in [5, 5.41) is 12.4. The maximum atomic E-state index is 9.11. The zero-order chi connectivity index (χ0) is 19.8. The van der Waals surface area contributed by atoms with Crippen molar-refractivity contribution in [1.29, 1.82) is 5.26 Å². The Morgan fingerprint density at radius 3 is 2.35 bits per heavy atom. The summed E-state index contributed by atoms with van der Waals surface area (Å²) in [5.41, 5.74) is 1.43. The molecule has 4 nitrogen and oxygen atoms in total. The summed E-state index contributed by atoms with van der Waals surface area (Å²) in [5.74, 6) is 0.819. The second-order valence-corrected chi connectivity index (χ2v) is 11.8. The number of hydrogen-bond donors (Lipinski definition) is 1. The van der Waals surface area contributed by atoms with Crippen molar-refractivity contribution in [1.82, 2.24) is 4.57 Å². The molecule has 0 amide bonds. The van der Waals surface area contributed by atoms with Crippen LogP contribution < -0.4 is 9.74 Å². The minimum absolute atomic E-state index is 0.0883. The van der Waals surface area contributed by atoms with Crippen LogP contribution in [0.5, 0.6) is 5.75 Å². The Hall–Kier alpha value is -2.19. The van der Waals surface area contributed by atoms with Crippen LogP contribution in [0, 0.1) is 11.3 Å². The molecule has 1 N–H and O–H groups in total. The Kier molecular flexibility index (Phi) is 3.54. The van der Waals surface area contributed by atoms with Gasteiger partial charge in [-0.1, -0.05) is 20.8 Å². The van der Waals surface area contributed by atoms with Crippen LogP contribution in [-0.4, -0.2) is 12.9 Å². The molecule has 0 aliphatic carbocycles. The first-order chi connectivity index (χ1) is 11.8. The highest BCUT2D eigenvalue weighted by Crippen LogP contribution is 2.37. The van der Waals surface area contributed by atoms with Crippen LogP contribution in [-0.2, 0) is 6.98 Å². The standard InChI is InChI=1S/C18H25N3OSi/c1-18(2,3)23(5,6)22-17-9-7-14(8-10-17)20-15-11-16(12-19)21(4)13-15/h7-11,13,20H,1-6H3/i4D3. The molecule has 0 fully saturated rings. The lowest BCUT2D eigenvalue weighted by molar-refractivity contribution is 0.492. The van der Waals surface area contributed by atoms with Gasteiger partial charge in [0.15, 0.2) is 0 Å². The van der Waals surface area contributed by atoms with Crippen molar-refractivity contribution in [3.63, 3.8) is 0 Å². The number of aromatic nitrogens is 1. The topological polar surface area (TPSA) is 50.0 Å². The number of nitrogens with zero attached hydrogens (tertiary/aromatic N) is 2. The summed E-state index contributed by atoms with van der Waals surface area (Å²) >= 11 is 0. The van der Waals surface area contributed by atoms with Crippen LogP contribution in [0.15, 0.2) is 36.5 Å². The number of rotatable bonds is 4. The molecule has 0 spiro atoms. The van der Waals surface area contributed by atoms with Crippen molar-refractivity contribution >= 4 is 19.7 Å². The molecular weight excluding hydrogens is 302 g/mol. The molecule has 0 unspecified atom stereocenters. The Labute approximate surface area is 144 Å². The van der Waals surface area contributed by atoms with Gasteiger partial charge < -0.3 is 14.3 Å². The summed E-state index contributed by atoms with van der Waals surface area (Å²) in [6.07, 6.45) is 1.42. The average Bonchev–Trinajstić information content (AvgIpc) is 2.91. The minimum Gasteiger partial charge on any atom is -0.544 e. The average molecular weight is 331 g/mol. The molecule has 2 aromatic rings. The molecule has 1 aromatic heterocycles. The van der Waals surface area contributed by atoms with E-state index >= 15 is 0 Å². The van der Waals surface area contributed by atoms with Gasteiger partial charge in [0.25, 0.3) is 0 Å². The Balaban J connectivity index is 2.16. The van der Waals surface area contributed by atoms with Crippen molar-refractivity contribution in [2.24, 2.45) is 6.98 Å². The molecule has 5 heteroatoms. The summed E-state index contributed by atoms with van der Waals surface area (Å²) in [6.45, 7) is 8.58. The van der Waals surface area contributed by atoms with E-state index in [-0.39, 0.29) is 10.7 Å². The fourth-order valence-electron chi connectivity index (χ4n) is 1.84. The number of aryl methyl sites for hydroxylation is 1. The highest BCUT2D eigenvalue weighted by atomic mass is 28.4. The van der Waals surface area contributed by atoms with Gasteiger partial charge in [0.05, 0.1) is 5.69 Å². The predicted molar refractivity (Wildman–Crippen MR) is 97.7 cm³/mol. The first-order valence-corrected chi connectivity index (χ1v) is 10.4. The monoisotopic (exact) mass is 330 g/mol. The third-order valence-corrected chi connectivity index (χ3v) is 8.62. The molecule has 1 heterocycles. The van der Waals surface area contributed by atoms with E-state index in [2.05, 4.69) is 39.2 Å². The summed E-state index contributed by atoms with van der Waals surface area (Å²) in [6, 6.07) is 11.0. The molecule has 1 aromatic carbocycles. The molecular formula is C18H25N3OSi. The number of anilines is 2. The molecule has 0 aliphatic rings. The highest BCUT2D eigenvalue weighted by molar-refractivity contribution is 6.74. The van der Waals surface area contributed by atoms with Crippen molar-refractivity contribution < 1.29 is 8.54 Å². The summed E-state index contributed by atoms with van der Waals surface area (Å²) in [4.78, 5) is 0. The van der Waals surface area contributed by atoms with E-state index in [1.54, 1.807) is 0 Å². The van der Waals surface area contributed by atoms with Crippen LogP contribution in [0.4, 0.5) is 11.4 Å². The van der Waals surface area contributed by atoms with Crippen molar-refractivity contribution in [3.05, 3.63) is 42.2 Å². The second-order valence-electron chi connectivity index (χ2n) is 7.11. The van der Waals surface area contributed by atoms with E-state index in [1.807, 2.05) is 30.3 Å². The van der Waals surface area contributed by atoms with Gasteiger partial charge in [-0.3, -0.25) is 0 Å². The van der Waals surface area contributed by atoms with E-state index in [0.717, 1.165) is 16.0 Å². The minimum atomic E-state index is -2.38. The number of benzene rings is 1. The van der Waals surface area contributed by atoms with Gasteiger partial charge in [-0.2, -0.15) is 5.26 Å². The SMILES string of the molecule is [2H]C([2H])([2H])n1cc(Nc2ccc(O[Si](C)(C)C(C)(C)C)cc2)cc1C#N. The maximum Gasteiger partial charge on any atom is 0.250 e. The zero-order valence-corrected chi connectivity index (χ0v) is 15.3. The van der Waals surface area contributed by atoms with Gasteiger partial charge in [0.1, 0.15) is 17.5 Å². The smallest absolute Gasteiger partial charge is 0.250 e. The van der Waals surface area contributed by atoms with Crippen LogP contribution in [0.2, 0.25) is 18.1 Å². The fourth-order valence-corrected chi connectivity index (χ4v) is 2.87. The number of nitrogens with one attached hydrogen (secondary N) is 1. The largest absolute Gasteiger partial charge is 0.544 e. The van der Waals surface area contributed by atoms with Crippen LogP contribution in [0.3, 0.4) is 0 Å². The van der Waals surface area contributed by atoms with Gasteiger partial charge in [0, 0.05) is 23.0 Å². The van der Waals surface area contributed by atoms with E-state index in [4.69, 9.17) is 13.8 Å². The fraction of sp³-hybridized carbons (Fsp3) is 0.389. The first-order valence-electron chi connectivity index (χ1n) is 9.02. The highest BCUT2D eigenvalue weighted by Gasteiger charge is 2.38. The van der Waals surface area contributed by atoms with E-state index in [1.165, 1.54) is 12.3 Å². The number of hydrogen-bond acceptors (Lipinski definition) is 3. The van der Waals surface area contributed by atoms with Crippen LogP contribution in [0.25, 0.3) is 0 Å². The summed E-state index contributed by atoms with van der Waals surface area (Å²) < 4.78 is 29.7. The third kappa shape index (κ3) is 3.96. The molecule has 122 valence electrons. The molecule has 0 saturated carbocycles. The van der Waals surface area contributed by atoms with Crippen LogP contribution >= 0.6 is 0 Å². The van der Waals surface area contributed by atoms with E-state index in [9.17, 15) is 0 Å². The molecule has 0 radical (unpaired) electrons. The van der Waals surface area contributed by atoms with Gasteiger partial charge in [0.2, 0.25) is 8.32 Å². The normalized spacial score (nSPS) is 14.3. The maximum absolute atomic E-state index is 9.11. The molecule has 23 heavy (non-hydrogen) atoms. The molecule has 2 rings (SSSR count). The Morgan fingerprint density at radius 2 is 1.87 bits per heavy atom. The third-order valence-electron chi connectivity index (χ3n) is 4.26. The molecule has 0 atom stereocenters. The van der Waals surface area contributed by atoms with Gasteiger partial charge in [-0.05, 0) is 48.5 Å². The number of nitriles is 1. The van der Waals surface area contributed by atoms with Crippen molar-refractivity contribution in [3.8, 4) is 11.8 Å². The first kappa shape index (κ1) is 13.3. The van der Waals surface area contributed by atoms with Crippen molar-refractivity contribution in [2.75, 3.05) is 5.32 Å². The Morgan fingerprint density at radius 1 is 1.22 bits per heavy atom. The lowest BCUT2D eigenvalue weighted by Crippen LogP contribution is -2.43. The Bertz CT molecular complexity index is 812. The molecule has 0 bridgehead atoms. The van der Waals surface area contributed by atoms with Crippen LogP contribution in [0.1, 0.15) is 30.6 Å². The van der Waals surface area contributed by atoms with E-state index < -0.39 is 15.3 Å². The lowest BCUT2D eigenvalue weighted by atomic mass is 10.2. The lowest BCUT2D eigenvalue weighted by Gasteiger charge is -2.36. The van der Waals surface area contributed by atoms with Gasteiger partial charge in [-0.15, -0.1) is 0 Å². The van der Waals surface area contributed by atoms with Crippen molar-refractivity contribution in [2.45, 2.75) is 38.9 Å². The quantitative estimate of drug-likeness (QED) is 0.800. The molecule has 0 aliphatic heterocycles. The predicted octanol–water partition coefficient (Wildman–Crippen LogP) is 5.02. The molecule has 0 saturated heterocycles. The van der Waals surface area contributed by atoms with Gasteiger partial charge >= 0.3 is 0 Å². The second kappa shape index (κ2) is 6.13.